The summed E-state index contributed by atoms with van der Waals surface area (Å²) in [5.74, 6) is -0.316. The van der Waals surface area contributed by atoms with E-state index in [1.54, 1.807) is 0 Å². The standard InChI is InChI=1S/C10H14N2O2/c13-10(14)4-3-8-2-1-5-12-7-11-6-9(8)12/h6-8H,1-5H2,(H,13,14). The van der Waals surface area contributed by atoms with Gasteiger partial charge >= 0.3 is 5.97 Å². The number of hydrogen-bond acceptors (Lipinski definition) is 2. The maximum atomic E-state index is 10.5. The zero-order valence-corrected chi connectivity index (χ0v) is 8.02. The third kappa shape index (κ3) is 1.78. The lowest BCUT2D eigenvalue weighted by atomic mass is 9.92. The number of nitrogens with zero attached hydrogens (tertiary/aromatic N) is 2. The lowest BCUT2D eigenvalue weighted by Gasteiger charge is -2.23. The maximum absolute atomic E-state index is 10.5. The number of rotatable bonds is 3. The van der Waals surface area contributed by atoms with Crippen LogP contribution in [0.25, 0.3) is 0 Å². The zero-order chi connectivity index (χ0) is 9.97. The van der Waals surface area contributed by atoms with Crippen molar-refractivity contribution < 1.29 is 9.90 Å². The fourth-order valence-corrected chi connectivity index (χ4v) is 2.10. The second-order valence-corrected chi connectivity index (χ2v) is 3.78. The van der Waals surface area contributed by atoms with Gasteiger partial charge in [-0.05, 0) is 19.3 Å². The van der Waals surface area contributed by atoms with Gasteiger partial charge in [-0.15, -0.1) is 0 Å². The largest absolute Gasteiger partial charge is 0.481 e. The molecule has 4 nitrogen and oxygen atoms in total. The molecule has 0 amide bonds. The highest BCUT2D eigenvalue weighted by Gasteiger charge is 2.20. The van der Waals surface area contributed by atoms with Crippen molar-refractivity contribution in [1.82, 2.24) is 9.55 Å². The Morgan fingerprint density at radius 3 is 3.36 bits per heavy atom. The lowest BCUT2D eigenvalue weighted by Crippen LogP contribution is -2.15. The Balaban J connectivity index is 2.05. The van der Waals surface area contributed by atoms with E-state index in [0.717, 1.165) is 25.8 Å². The molecular weight excluding hydrogens is 180 g/mol. The van der Waals surface area contributed by atoms with Crippen molar-refractivity contribution in [3.8, 4) is 0 Å². The number of fused-ring (bicyclic) bond motifs is 1. The van der Waals surface area contributed by atoms with E-state index >= 15 is 0 Å². The topological polar surface area (TPSA) is 55.1 Å². The van der Waals surface area contributed by atoms with Crippen molar-refractivity contribution in [2.24, 2.45) is 0 Å². The van der Waals surface area contributed by atoms with Crippen LogP contribution >= 0.6 is 0 Å². The normalized spacial score (nSPS) is 20.4. The van der Waals surface area contributed by atoms with Crippen LogP contribution in [0.2, 0.25) is 0 Å². The summed E-state index contributed by atoms with van der Waals surface area (Å²) >= 11 is 0. The van der Waals surface area contributed by atoms with Crippen molar-refractivity contribution in [3.63, 3.8) is 0 Å². The molecule has 1 unspecified atom stereocenters. The van der Waals surface area contributed by atoms with Crippen molar-refractivity contribution in [2.45, 2.75) is 38.1 Å². The molecule has 0 saturated carbocycles. The molecule has 0 aliphatic carbocycles. The summed E-state index contributed by atoms with van der Waals surface area (Å²) in [5, 5.41) is 8.62. The summed E-state index contributed by atoms with van der Waals surface area (Å²) in [7, 11) is 0. The van der Waals surface area contributed by atoms with Crippen LogP contribution in [0.4, 0.5) is 0 Å². The minimum Gasteiger partial charge on any atom is -0.481 e. The quantitative estimate of drug-likeness (QED) is 0.795. The van der Waals surface area contributed by atoms with Crippen molar-refractivity contribution >= 4 is 5.97 Å². The first kappa shape index (κ1) is 9.24. The molecule has 1 N–H and O–H groups in total. The average Bonchev–Trinajstić information content (AvgIpc) is 2.62. The Hall–Kier alpha value is -1.32. The Bertz CT molecular complexity index is 333. The SMILES string of the molecule is O=C(O)CCC1CCCn2cncc21. The zero-order valence-electron chi connectivity index (χ0n) is 8.02. The van der Waals surface area contributed by atoms with E-state index in [9.17, 15) is 4.79 Å². The Kier molecular flexibility index (Phi) is 2.52. The molecule has 2 heterocycles. The fourth-order valence-electron chi connectivity index (χ4n) is 2.10. The van der Waals surface area contributed by atoms with Gasteiger partial charge in [-0.2, -0.15) is 0 Å². The number of carboxylic acid groups (broad SMARTS) is 1. The highest BCUT2D eigenvalue weighted by Crippen LogP contribution is 2.30. The summed E-state index contributed by atoms with van der Waals surface area (Å²) in [5.41, 5.74) is 1.21. The van der Waals surface area contributed by atoms with Gasteiger partial charge in [0.1, 0.15) is 0 Å². The first-order valence-corrected chi connectivity index (χ1v) is 4.99. The number of aryl methyl sites for hydroxylation is 1. The van der Waals surface area contributed by atoms with Gasteiger partial charge in [0.25, 0.3) is 0 Å². The highest BCUT2D eigenvalue weighted by atomic mass is 16.4. The minimum atomic E-state index is -0.707. The predicted octanol–water partition coefficient (Wildman–Crippen LogP) is 1.63. The molecule has 2 rings (SSSR count). The third-order valence-corrected chi connectivity index (χ3v) is 2.82. The molecular formula is C10H14N2O2. The van der Waals surface area contributed by atoms with E-state index in [2.05, 4.69) is 9.55 Å². The average molecular weight is 194 g/mol. The third-order valence-electron chi connectivity index (χ3n) is 2.82. The predicted molar refractivity (Wildman–Crippen MR) is 51.1 cm³/mol. The molecule has 0 aromatic carbocycles. The number of hydrogen-bond donors (Lipinski definition) is 1. The van der Waals surface area contributed by atoms with Crippen LogP contribution in [0.5, 0.6) is 0 Å². The van der Waals surface area contributed by atoms with Gasteiger partial charge < -0.3 is 9.67 Å². The van der Waals surface area contributed by atoms with Crippen LogP contribution in [-0.2, 0) is 11.3 Å². The van der Waals surface area contributed by atoms with Crippen LogP contribution in [0.1, 0.15) is 37.3 Å². The van der Waals surface area contributed by atoms with Crippen LogP contribution in [0.15, 0.2) is 12.5 Å². The second kappa shape index (κ2) is 3.82. The molecule has 1 aromatic heterocycles. The Morgan fingerprint density at radius 1 is 1.71 bits per heavy atom. The van der Waals surface area contributed by atoms with Gasteiger partial charge in [0.05, 0.1) is 6.33 Å². The number of imidazole rings is 1. The van der Waals surface area contributed by atoms with Crippen molar-refractivity contribution in [2.75, 3.05) is 0 Å². The number of aliphatic carboxylic acids is 1. The molecule has 1 aromatic rings. The van der Waals surface area contributed by atoms with E-state index in [1.807, 2.05) is 12.5 Å². The summed E-state index contributed by atoms with van der Waals surface area (Å²) in [6.45, 7) is 1.03. The number of carboxylic acids is 1. The molecule has 1 atom stereocenters. The summed E-state index contributed by atoms with van der Waals surface area (Å²) in [6.07, 6.45) is 6.93. The molecule has 0 bridgehead atoms. The van der Waals surface area contributed by atoms with Gasteiger partial charge in [0, 0.05) is 30.8 Å². The second-order valence-electron chi connectivity index (χ2n) is 3.78. The van der Waals surface area contributed by atoms with Gasteiger partial charge in [-0.3, -0.25) is 4.79 Å². The number of carbonyl (C=O) groups is 1. The smallest absolute Gasteiger partial charge is 0.303 e. The summed E-state index contributed by atoms with van der Waals surface area (Å²) in [4.78, 5) is 14.6. The molecule has 0 saturated heterocycles. The molecule has 0 fully saturated rings. The van der Waals surface area contributed by atoms with Crippen LogP contribution in [0, 0.1) is 0 Å². The Morgan fingerprint density at radius 2 is 2.57 bits per heavy atom. The summed E-state index contributed by atoms with van der Waals surface area (Å²) in [6, 6.07) is 0. The molecule has 4 heteroatoms. The lowest BCUT2D eigenvalue weighted by molar-refractivity contribution is -0.137. The van der Waals surface area contributed by atoms with Crippen molar-refractivity contribution in [3.05, 3.63) is 18.2 Å². The van der Waals surface area contributed by atoms with E-state index in [1.165, 1.54) is 5.69 Å². The molecule has 76 valence electrons. The van der Waals surface area contributed by atoms with Gasteiger partial charge in [-0.1, -0.05) is 0 Å². The summed E-state index contributed by atoms with van der Waals surface area (Å²) < 4.78 is 2.13. The van der Waals surface area contributed by atoms with Gasteiger partial charge in [0.2, 0.25) is 0 Å². The first-order valence-electron chi connectivity index (χ1n) is 4.99. The monoisotopic (exact) mass is 194 g/mol. The minimum absolute atomic E-state index is 0.260. The maximum Gasteiger partial charge on any atom is 0.303 e. The van der Waals surface area contributed by atoms with Gasteiger partial charge in [0.15, 0.2) is 0 Å². The van der Waals surface area contributed by atoms with E-state index in [4.69, 9.17) is 5.11 Å². The van der Waals surface area contributed by atoms with Crippen LogP contribution in [0.3, 0.4) is 0 Å². The molecule has 14 heavy (non-hydrogen) atoms. The molecule has 0 spiro atoms. The van der Waals surface area contributed by atoms with E-state index < -0.39 is 5.97 Å². The number of aromatic nitrogens is 2. The van der Waals surface area contributed by atoms with E-state index in [0.29, 0.717) is 5.92 Å². The van der Waals surface area contributed by atoms with E-state index in [-0.39, 0.29) is 6.42 Å². The van der Waals surface area contributed by atoms with Crippen LogP contribution < -0.4 is 0 Å². The molecule has 1 aliphatic heterocycles. The molecule has 1 aliphatic rings. The van der Waals surface area contributed by atoms with Crippen LogP contribution in [-0.4, -0.2) is 20.6 Å². The molecule has 0 radical (unpaired) electrons. The van der Waals surface area contributed by atoms with Gasteiger partial charge in [-0.25, -0.2) is 4.98 Å². The highest BCUT2D eigenvalue weighted by molar-refractivity contribution is 5.66. The first-order chi connectivity index (χ1) is 6.77. The Labute approximate surface area is 82.6 Å². The fraction of sp³-hybridized carbons (Fsp3) is 0.600. The van der Waals surface area contributed by atoms with Crippen molar-refractivity contribution in [1.29, 1.82) is 0 Å².